The quantitative estimate of drug-likeness (QED) is 0.0320. The molecule has 0 bridgehead atoms. The van der Waals surface area contributed by atoms with E-state index in [0.717, 1.165) is 38.5 Å². The predicted octanol–water partition coefficient (Wildman–Crippen LogP) is 20.6. The average molecular weight is 1010 g/mol. The average Bonchev–Trinajstić information content (AvgIpc) is 3.38. The fourth-order valence-electron chi connectivity index (χ4n) is 10.2. The van der Waals surface area contributed by atoms with Gasteiger partial charge in [-0.25, -0.2) is 0 Å². The number of nitrogens with one attached hydrogen (secondary N) is 1. The van der Waals surface area contributed by atoms with Gasteiger partial charge in [-0.15, -0.1) is 0 Å². The highest BCUT2D eigenvalue weighted by molar-refractivity contribution is 5.76. The second-order valence-electron chi connectivity index (χ2n) is 22.5. The van der Waals surface area contributed by atoms with Crippen LogP contribution in [0, 0.1) is 0 Å². The second-order valence-corrected chi connectivity index (χ2v) is 22.5. The highest BCUT2D eigenvalue weighted by atomic mass is 16.5. The number of carbonyl (C=O) groups is 2. The molecule has 2 unspecified atom stereocenters. The molecule has 3 N–H and O–H groups in total. The third-order valence-electron chi connectivity index (χ3n) is 15.2. The van der Waals surface area contributed by atoms with E-state index >= 15 is 0 Å². The maximum absolute atomic E-state index is 12.4. The largest absolute Gasteiger partial charge is 0.466 e. The molecule has 0 radical (unpaired) electrons. The number of esters is 1. The molecule has 426 valence electrons. The highest BCUT2D eigenvalue weighted by Gasteiger charge is 2.18. The number of unbranched alkanes of at least 4 members (excludes halogenated alkanes) is 48. The third kappa shape index (κ3) is 57.6. The molecule has 0 aliphatic rings. The van der Waals surface area contributed by atoms with Crippen LogP contribution in [0.2, 0.25) is 0 Å². The Hall–Kier alpha value is -1.66. The summed E-state index contributed by atoms with van der Waals surface area (Å²) in [6.07, 6.45) is 76.7. The van der Waals surface area contributed by atoms with Gasteiger partial charge in [-0.2, -0.15) is 0 Å². The first-order chi connectivity index (χ1) is 35.5. The Morgan fingerprint density at radius 1 is 0.375 bits per heavy atom. The van der Waals surface area contributed by atoms with Crippen molar-refractivity contribution in [3.05, 3.63) is 24.3 Å². The van der Waals surface area contributed by atoms with Crippen LogP contribution in [0.3, 0.4) is 0 Å². The first-order valence-electron chi connectivity index (χ1n) is 32.6. The van der Waals surface area contributed by atoms with Gasteiger partial charge in [-0.3, -0.25) is 9.59 Å². The Balaban J connectivity index is 3.35. The maximum atomic E-state index is 12.4. The van der Waals surface area contributed by atoms with Crippen molar-refractivity contribution >= 4 is 11.9 Å². The van der Waals surface area contributed by atoms with E-state index in [2.05, 4.69) is 31.3 Å². The normalized spacial score (nSPS) is 12.7. The van der Waals surface area contributed by atoms with Crippen LogP contribution in [0.5, 0.6) is 0 Å². The summed E-state index contributed by atoms with van der Waals surface area (Å²) in [5.74, 6) is -0.0469. The monoisotopic (exact) mass is 1010 g/mol. The molecule has 0 heterocycles. The van der Waals surface area contributed by atoms with E-state index in [1.165, 1.54) is 295 Å². The summed E-state index contributed by atoms with van der Waals surface area (Å²) in [6, 6.07) is -0.625. The molecule has 2 atom stereocenters. The summed E-state index contributed by atoms with van der Waals surface area (Å²) >= 11 is 0. The van der Waals surface area contributed by atoms with Crippen LogP contribution >= 0.6 is 0 Å². The molecule has 72 heavy (non-hydrogen) atoms. The summed E-state index contributed by atoms with van der Waals surface area (Å²) in [7, 11) is 0. The highest BCUT2D eigenvalue weighted by Crippen LogP contribution is 2.18. The Kier molecular flexibility index (Phi) is 60.5. The number of hydrogen-bond donors (Lipinski definition) is 3. The number of hydrogen-bond acceptors (Lipinski definition) is 5. The van der Waals surface area contributed by atoms with Crippen molar-refractivity contribution < 1.29 is 24.5 Å². The SMILES string of the molecule is CCCCCCCCCCCC/C=C/C(O)C(CO)NC(=O)CCCCCCCCCCCCCCCCC/C=C\CCCCCCCCCCCCCCOC(=O)CCCCCCCCCCCCCC. The van der Waals surface area contributed by atoms with Crippen LogP contribution < -0.4 is 5.32 Å². The lowest BCUT2D eigenvalue weighted by Gasteiger charge is -2.20. The maximum Gasteiger partial charge on any atom is 0.305 e. The van der Waals surface area contributed by atoms with E-state index in [1.54, 1.807) is 6.08 Å². The molecule has 0 saturated carbocycles. The van der Waals surface area contributed by atoms with Gasteiger partial charge in [0.05, 0.1) is 25.4 Å². The number of ether oxygens (including phenoxy) is 1. The van der Waals surface area contributed by atoms with E-state index < -0.39 is 12.1 Å². The minimum atomic E-state index is -0.841. The van der Waals surface area contributed by atoms with Gasteiger partial charge in [0.25, 0.3) is 0 Å². The van der Waals surface area contributed by atoms with Crippen LogP contribution in [0.1, 0.15) is 361 Å². The van der Waals surface area contributed by atoms with E-state index in [-0.39, 0.29) is 18.5 Å². The van der Waals surface area contributed by atoms with Crippen molar-refractivity contribution in [3.8, 4) is 0 Å². The minimum Gasteiger partial charge on any atom is -0.466 e. The second kappa shape index (κ2) is 61.9. The Labute approximate surface area is 450 Å². The zero-order valence-electron chi connectivity index (χ0n) is 48.7. The minimum absolute atomic E-state index is 0.0183. The van der Waals surface area contributed by atoms with Gasteiger partial charge in [0.15, 0.2) is 0 Å². The van der Waals surface area contributed by atoms with Gasteiger partial charge < -0.3 is 20.3 Å². The summed E-state index contributed by atoms with van der Waals surface area (Å²) < 4.78 is 5.48. The van der Waals surface area contributed by atoms with Crippen LogP contribution in [0.15, 0.2) is 24.3 Å². The Morgan fingerprint density at radius 3 is 0.986 bits per heavy atom. The molecule has 0 rings (SSSR count). The van der Waals surface area contributed by atoms with Crippen LogP contribution in [-0.4, -0.2) is 47.4 Å². The number of aliphatic hydroxyl groups excluding tert-OH is 2. The van der Waals surface area contributed by atoms with Gasteiger partial charge in [0.1, 0.15) is 0 Å². The topological polar surface area (TPSA) is 95.9 Å². The molecule has 0 aliphatic heterocycles. The van der Waals surface area contributed by atoms with Gasteiger partial charge in [0, 0.05) is 12.8 Å². The predicted molar refractivity (Wildman–Crippen MR) is 315 cm³/mol. The molecule has 0 fully saturated rings. The van der Waals surface area contributed by atoms with E-state index in [9.17, 15) is 19.8 Å². The number of carbonyl (C=O) groups excluding carboxylic acids is 2. The molecule has 1 amide bonds. The molecule has 0 aromatic rings. The fourth-order valence-corrected chi connectivity index (χ4v) is 10.2. The molecule has 0 spiro atoms. The Bertz CT molecular complexity index is 1120. The van der Waals surface area contributed by atoms with Crippen molar-refractivity contribution in [2.75, 3.05) is 13.2 Å². The zero-order chi connectivity index (χ0) is 52.2. The lowest BCUT2D eigenvalue weighted by atomic mass is 10.0. The summed E-state index contributed by atoms with van der Waals surface area (Å²) in [5, 5.41) is 23.1. The van der Waals surface area contributed by atoms with Crippen LogP contribution in [0.4, 0.5) is 0 Å². The Morgan fingerprint density at radius 2 is 0.653 bits per heavy atom. The van der Waals surface area contributed by atoms with E-state index in [0.29, 0.717) is 19.4 Å². The molecular formula is C66H127NO5. The van der Waals surface area contributed by atoms with Gasteiger partial charge in [-0.05, 0) is 57.8 Å². The first-order valence-corrected chi connectivity index (χ1v) is 32.6. The van der Waals surface area contributed by atoms with Crippen molar-refractivity contribution in [2.45, 2.75) is 373 Å². The van der Waals surface area contributed by atoms with E-state index in [4.69, 9.17) is 4.74 Å². The lowest BCUT2D eigenvalue weighted by molar-refractivity contribution is -0.143. The van der Waals surface area contributed by atoms with Gasteiger partial charge in [0.2, 0.25) is 5.91 Å². The van der Waals surface area contributed by atoms with Gasteiger partial charge in [-0.1, -0.05) is 314 Å². The van der Waals surface area contributed by atoms with Gasteiger partial charge >= 0.3 is 5.97 Å². The first kappa shape index (κ1) is 70.3. The van der Waals surface area contributed by atoms with Crippen molar-refractivity contribution in [1.82, 2.24) is 5.32 Å². The smallest absolute Gasteiger partial charge is 0.305 e. The molecule has 0 aromatic carbocycles. The van der Waals surface area contributed by atoms with Crippen molar-refractivity contribution in [1.29, 1.82) is 0 Å². The van der Waals surface area contributed by atoms with Crippen molar-refractivity contribution in [2.24, 2.45) is 0 Å². The number of allylic oxidation sites excluding steroid dienone is 3. The number of amides is 1. The van der Waals surface area contributed by atoms with Crippen molar-refractivity contribution in [3.63, 3.8) is 0 Å². The molecular weight excluding hydrogens is 887 g/mol. The van der Waals surface area contributed by atoms with E-state index in [1.807, 2.05) is 6.08 Å². The summed E-state index contributed by atoms with van der Waals surface area (Å²) in [4.78, 5) is 24.5. The summed E-state index contributed by atoms with van der Waals surface area (Å²) in [6.45, 7) is 4.92. The summed E-state index contributed by atoms with van der Waals surface area (Å²) in [5.41, 5.74) is 0. The third-order valence-corrected chi connectivity index (χ3v) is 15.2. The lowest BCUT2D eigenvalue weighted by Crippen LogP contribution is -2.45. The van der Waals surface area contributed by atoms with Crippen LogP contribution in [0.25, 0.3) is 0 Å². The molecule has 6 nitrogen and oxygen atoms in total. The number of aliphatic hydroxyl groups is 2. The standard InChI is InChI=1S/C66H127NO5/c1-3-5-7-9-11-13-15-38-42-46-50-54-58-64(69)63(62-68)67-65(70)59-55-51-47-43-39-36-34-32-30-28-26-24-22-20-18-17-19-21-23-25-27-29-31-33-35-37-41-45-49-53-57-61-72-66(71)60-56-52-48-44-40-16-14-12-10-8-6-4-2/h19,21,54,58,63-64,68-69H,3-18,20,22-53,55-57,59-62H2,1-2H3,(H,67,70)/b21-19-,58-54+. The molecule has 0 aliphatic carbocycles. The molecule has 0 saturated heterocycles. The number of rotatable bonds is 61. The molecule has 6 heteroatoms. The van der Waals surface area contributed by atoms with Crippen LogP contribution in [-0.2, 0) is 14.3 Å². The fraction of sp³-hybridized carbons (Fsp3) is 0.909. The zero-order valence-corrected chi connectivity index (χ0v) is 48.7. The molecule has 0 aromatic heterocycles.